The Labute approximate surface area is 178 Å². The molecule has 1 aromatic heterocycles. The fourth-order valence-electron chi connectivity index (χ4n) is 3.54. The van der Waals surface area contributed by atoms with Gasteiger partial charge < -0.3 is 14.4 Å². The Morgan fingerprint density at radius 3 is 2.67 bits per heavy atom. The van der Waals surface area contributed by atoms with Gasteiger partial charge in [-0.2, -0.15) is 0 Å². The second-order valence-electron chi connectivity index (χ2n) is 7.12. The fraction of sp³-hybridized carbons (Fsp3) is 0.318. The van der Waals surface area contributed by atoms with Gasteiger partial charge in [0.25, 0.3) is 5.56 Å². The highest BCUT2D eigenvalue weighted by molar-refractivity contribution is 6.35. The number of benzene rings is 2. The van der Waals surface area contributed by atoms with Crippen molar-refractivity contribution in [3.8, 4) is 5.75 Å². The summed E-state index contributed by atoms with van der Waals surface area (Å²) in [5.41, 5.74) is 0.878. The first-order chi connectivity index (χ1) is 14.5. The van der Waals surface area contributed by atoms with Gasteiger partial charge in [0.15, 0.2) is 0 Å². The number of aromatic nitrogens is 2. The second kappa shape index (κ2) is 8.85. The molecule has 2 aromatic carbocycles. The molecule has 0 radical (unpaired) electrons. The number of fused-ring (bicyclic) bond motifs is 1. The Bertz CT molecular complexity index is 1140. The maximum atomic E-state index is 12.6. The fourth-order valence-corrected chi connectivity index (χ4v) is 3.77. The Morgan fingerprint density at radius 1 is 1.20 bits per heavy atom. The number of aromatic amines is 1. The predicted octanol–water partition coefficient (Wildman–Crippen LogP) is 3.26. The minimum Gasteiger partial charge on any atom is -0.426 e. The van der Waals surface area contributed by atoms with Gasteiger partial charge in [-0.3, -0.25) is 14.6 Å². The van der Waals surface area contributed by atoms with Crippen molar-refractivity contribution >= 4 is 34.3 Å². The van der Waals surface area contributed by atoms with E-state index in [1.54, 1.807) is 19.1 Å². The van der Waals surface area contributed by atoms with Crippen LogP contribution in [0.1, 0.15) is 17.7 Å². The summed E-state index contributed by atoms with van der Waals surface area (Å²) in [4.78, 5) is 34.3. The first kappa shape index (κ1) is 20.4. The van der Waals surface area contributed by atoms with Gasteiger partial charge in [-0.25, -0.2) is 4.98 Å². The molecule has 156 valence electrons. The molecule has 0 bridgehead atoms. The van der Waals surface area contributed by atoms with Gasteiger partial charge in [0.1, 0.15) is 5.75 Å². The molecule has 0 saturated carbocycles. The Hall–Kier alpha value is -2.90. The van der Waals surface area contributed by atoms with E-state index in [1.165, 1.54) is 0 Å². The number of carbonyl (C=O) groups excluding carboxylic acids is 1. The summed E-state index contributed by atoms with van der Waals surface area (Å²) >= 11 is 6.21. The third kappa shape index (κ3) is 4.32. The quantitative estimate of drug-likeness (QED) is 0.497. The van der Waals surface area contributed by atoms with Crippen LogP contribution in [0.2, 0.25) is 5.02 Å². The molecule has 2 heterocycles. The van der Waals surface area contributed by atoms with Crippen molar-refractivity contribution in [3.63, 3.8) is 0 Å². The topological polar surface area (TPSA) is 84.5 Å². The highest BCUT2D eigenvalue weighted by Crippen LogP contribution is 2.31. The van der Waals surface area contributed by atoms with Crippen LogP contribution in [0.25, 0.3) is 10.8 Å². The molecule has 1 fully saturated rings. The lowest BCUT2D eigenvalue weighted by atomic mass is 10.1. The van der Waals surface area contributed by atoms with Gasteiger partial charge in [0.2, 0.25) is 5.95 Å². The predicted molar refractivity (Wildman–Crippen MR) is 116 cm³/mol. The molecule has 8 heteroatoms. The number of esters is 1. The molecule has 0 unspecified atom stereocenters. The lowest BCUT2D eigenvalue weighted by molar-refractivity contribution is -0.134. The summed E-state index contributed by atoms with van der Waals surface area (Å²) in [6.07, 6.45) is 0.321. The molecule has 0 spiro atoms. The summed E-state index contributed by atoms with van der Waals surface area (Å²) < 4.78 is 10.9. The standard InChI is InChI=1S/C22H22ClN3O4/c1-14-15(21(28)25-22(24-14)26-10-12-29-13-11-26)6-9-20(27)30-19-8-7-18(23)16-4-2-3-5-17(16)19/h2-5,7-8H,6,9-13H2,1H3,(H,24,25,28). The van der Waals surface area contributed by atoms with Crippen molar-refractivity contribution in [2.75, 3.05) is 31.2 Å². The summed E-state index contributed by atoms with van der Waals surface area (Å²) in [5, 5.41) is 2.18. The van der Waals surface area contributed by atoms with E-state index in [1.807, 2.05) is 29.2 Å². The number of morpholine rings is 1. The third-order valence-corrected chi connectivity index (χ3v) is 5.48. The molecular weight excluding hydrogens is 406 g/mol. The van der Waals surface area contributed by atoms with Crippen molar-refractivity contribution in [1.29, 1.82) is 0 Å². The first-order valence-corrected chi connectivity index (χ1v) is 10.2. The number of hydrogen-bond donors (Lipinski definition) is 1. The van der Waals surface area contributed by atoms with E-state index in [0.29, 0.717) is 54.3 Å². The first-order valence-electron chi connectivity index (χ1n) is 9.83. The van der Waals surface area contributed by atoms with E-state index in [2.05, 4.69) is 9.97 Å². The summed E-state index contributed by atoms with van der Waals surface area (Å²) in [6.45, 7) is 4.37. The van der Waals surface area contributed by atoms with E-state index >= 15 is 0 Å². The number of nitrogens with one attached hydrogen (secondary N) is 1. The third-order valence-electron chi connectivity index (χ3n) is 5.15. The average molecular weight is 428 g/mol. The van der Waals surface area contributed by atoms with Crippen molar-refractivity contribution in [2.24, 2.45) is 0 Å². The van der Waals surface area contributed by atoms with Crippen molar-refractivity contribution in [2.45, 2.75) is 19.8 Å². The van der Waals surface area contributed by atoms with E-state index in [9.17, 15) is 9.59 Å². The highest BCUT2D eigenvalue weighted by Gasteiger charge is 2.17. The number of halogens is 1. The minimum absolute atomic E-state index is 0.0689. The van der Waals surface area contributed by atoms with Crippen LogP contribution in [-0.2, 0) is 16.0 Å². The van der Waals surface area contributed by atoms with Crippen LogP contribution in [0.5, 0.6) is 5.75 Å². The zero-order valence-electron chi connectivity index (χ0n) is 16.6. The van der Waals surface area contributed by atoms with Gasteiger partial charge in [-0.05, 0) is 25.5 Å². The molecule has 1 aliphatic heterocycles. The number of H-pyrrole nitrogens is 1. The molecule has 3 aromatic rings. The van der Waals surface area contributed by atoms with Gasteiger partial charge in [0.05, 0.1) is 19.6 Å². The molecular formula is C22H22ClN3O4. The number of ether oxygens (including phenoxy) is 2. The normalized spacial score (nSPS) is 14.1. The van der Waals surface area contributed by atoms with Crippen LogP contribution < -0.4 is 15.2 Å². The van der Waals surface area contributed by atoms with Crippen molar-refractivity contribution < 1.29 is 14.3 Å². The number of aryl methyl sites for hydroxylation is 1. The minimum atomic E-state index is -0.418. The van der Waals surface area contributed by atoms with Crippen LogP contribution >= 0.6 is 11.6 Å². The molecule has 1 aliphatic rings. The zero-order valence-corrected chi connectivity index (χ0v) is 17.4. The molecule has 1 saturated heterocycles. The SMILES string of the molecule is Cc1nc(N2CCOCC2)[nH]c(=O)c1CCC(=O)Oc1ccc(Cl)c2ccccc12. The maximum Gasteiger partial charge on any atom is 0.311 e. The van der Waals surface area contributed by atoms with Gasteiger partial charge >= 0.3 is 5.97 Å². The van der Waals surface area contributed by atoms with E-state index in [-0.39, 0.29) is 18.4 Å². The van der Waals surface area contributed by atoms with Gasteiger partial charge in [-0.1, -0.05) is 35.9 Å². The Morgan fingerprint density at radius 2 is 1.93 bits per heavy atom. The summed E-state index contributed by atoms with van der Waals surface area (Å²) in [7, 11) is 0. The second-order valence-corrected chi connectivity index (χ2v) is 7.53. The lowest BCUT2D eigenvalue weighted by Gasteiger charge is -2.27. The smallest absolute Gasteiger partial charge is 0.311 e. The molecule has 0 aliphatic carbocycles. The van der Waals surface area contributed by atoms with Crippen LogP contribution in [0.3, 0.4) is 0 Å². The molecule has 7 nitrogen and oxygen atoms in total. The molecule has 4 rings (SSSR count). The van der Waals surface area contributed by atoms with Gasteiger partial charge in [0, 0.05) is 40.1 Å². The van der Waals surface area contributed by atoms with Crippen molar-refractivity contribution in [1.82, 2.24) is 9.97 Å². The number of hydrogen-bond acceptors (Lipinski definition) is 6. The van der Waals surface area contributed by atoms with Crippen LogP contribution in [0.4, 0.5) is 5.95 Å². The summed E-state index contributed by atoms with van der Waals surface area (Å²) in [6, 6.07) is 10.9. The number of anilines is 1. The van der Waals surface area contributed by atoms with Crippen LogP contribution in [-0.4, -0.2) is 42.2 Å². The van der Waals surface area contributed by atoms with Crippen LogP contribution in [0, 0.1) is 6.92 Å². The molecule has 0 amide bonds. The van der Waals surface area contributed by atoms with Crippen molar-refractivity contribution in [3.05, 3.63) is 63.0 Å². The Kier molecular flexibility index (Phi) is 6.01. The van der Waals surface area contributed by atoms with E-state index in [4.69, 9.17) is 21.1 Å². The molecule has 1 N–H and O–H groups in total. The zero-order chi connectivity index (χ0) is 21.1. The maximum absolute atomic E-state index is 12.6. The van der Waals surface area contributed by atoms with Crippen LogP contribution in [0.15, 0.2) is 41.2 Å². The molecule has 0 atom stereocenters. The molecule has 30 heavy (non-hydrogen) atoms. The largest absolute Gasteiger partial charge is 0.426 e. The lowest BCUT2D eigenvalue weighted by Crippen LogP contribution is -2.38. The highest BCUT2D eigenvalue weighted by atomic mass is 35.5. The van der Waals surface area contributed by atoms with E-state index < -0.39 is 5.97 Å². The van der Waals surface area contributed by atoms with Gasteiger partial charge in [-0.15, -0.1) is 0 Å². The van der Waals surface area contributed by atoms with E-state index in [0.717, 1.165) is 10.8 Å². The number of rotatable bonds is 5. The monoisotopic (exact) mass is 427 g/mol. The number of carbonyl (C=O) groups is 1. The average Bonchev–Trinajstić information content (AvgIpc) is 2.76. The summed E-state index contributed by atoms with van der Waals surface area (Å²) in [5.74, 6) is 0.574. The number of nitrogens with zero attached hydrogens (tertiary/aromatic N) is 2. The Balaban J connectivity index is 1.45.